The lowest BCUT2D eigenvalue weighted by atomic mass is 10.3. The van der Waals surface area contributed by atoms with Crippen LogP contribution in [0, 0.1) is 23.3 Å². The zero-order valence-corrected chi connectivity index (χ0v) is 18.4. The van der Waals surface area contributed by atoms with Crippen LogP contribution < -0.4 is 10.4 Å². The van der Waals surface area contributed by atoms with E-state index < -0.39 is 87.6 Å². The Hall–Kier alpha value is -1.13. The van der Waals surface area contributed by atoms with Gasteiger partial charge in [-0.1, -0.05) is 0 Å². The average Bonchev–Trinajstić information content (AvgIpc) is 2.62. The van der Waals surface area contributed by atoms with Gasteiger partial charge < -0.3 is 8.85 Å². The molecule has 0 bridgehead atoms. The minimum absolute atomic E-state index is 0.874. The van der Waals surface area contributed by atoms with E-state index in [1.807, 2.05) is 0 Å². The van der Waals surface area contributed by atoms with E-state index in [4.69, 9.17) is 8.85 Å². The Morgan fingerprint density at radius 2 is 0.900 bits per heavy atom. The van der Waals surface area contributed by atoms with E-state index in [2.05, 4.69) is 0 Å². The summed E-state index contributed by atoms with van der Waals surface area (Å²) >= 11 is 0. The largest absolute Gasteiger partial charge is 0.416 e. The summed E-state index contributed by atoms with van der Waals surface area (Å²) in [6.07, 6.45) is -12.5. The van der Waals surface area contributed by atoms with Crippen molar-refractivity contribution < 1.29 is 52.8 Å². The summed E-state index contributed by atoms with van der Waals surface area (Å²) < 4.78 is 144. The highest BCUT2D eigenvalue weighted by Crippen LogP contribution is 2.30. The molecule has 30 heavy (non-hydrogen) atoms. The molecular formula is C16H20F10O2Si2. The molecule has 14 heteroatoms. The van der Waals surface area contributed by atoms with E-state index in [9.17, 15) is 39.5 Å². The second-order valence-electron chi connectivity index (χ2n) is 7.11. The van der Waals surface area contributed by atoms with Crippen molar-refractivity contribution in [3.8, 4) is 0 Å². The fourth-order valence-corrected chi connectivity index (χ4v) is 8.27. The predicted octanol–water partition coefficient (Wildman–Crippen LogP) is 5.01. The smallest absolute Gasteiger partial charge is 0.388 e. The van der Waals surface area contributed by atoms with Crippen molar-refractivity contribution >= 4 is 27.0 Å². The molecule has 0 aliphatic carbocycles. The van der Waals surface area contributed by atoms with Crippen molar-refractivity contribution in [2.45, 2.75) is 50.4 Å². The molecule has 0 aliphatic heterocycles. The minimum Gasteiger partial charge on any atom is -0.416 e. The molecule has 2 atom stereocenters. The summed E-state index contributed by atoms with van der Waals surface area (Å²) in [5, 5.41) is -2.41. The van der Waals surface area contributed by atoms with E-state index in [-0.39, 0.29) is 0 Å². The Labute approximate surface area is 168 Å². The van der Waals surface area contributed by atoms with Crippen LogP contribution in [0.25, 0.3) is 0 Å². The van der Waals surface area contributed by atoms with Crippen LogP contribution in [-0.4, -0.2) is 43.2 Å². The number of hydrogen-bond donors (Lipinski definition) is 0. The fraction of sp³-hybridized carbons (Fsp3) is 0.625. The van der Waals surface area contributed by atoms with Gasteiger partial charge in [-0.05, 0) is 25.2 Å². The van der Waals surface area contributed by atoms with Crippen LogP contribution in [0.15, 0.2) is 0 Å². The molecule has 0 spiro atoms. The first-order valence-electron chi connectivity index (χ1n) is 8.53. The van der Waals surface area contributed by atoms with Gasteiger partial charge in [0.2, 0.25) is 16.6 Å². The zero-order valence-electron chi connectivity index (χ0n) is 16.4. The molecule has 0 saturated carbocycles. The van der Waals surface area contributed by atoms with Gasteiger partial charge in [0.1, 0.15) is 5.82 Å². The first-order valence-corrected chi connectivity index (χ1v) is 13.8. The molecule has 0 N–H and O–H groups in total. The summed E-state index contributed by atoms with van der Waals surface area (Å²) in [6.45, 7) is 1.95. The number of rotatable bonds is 8. The SMILES string of the molecule is CO[Si](C)(CCC(F)(F)F)c1c(F)c(F)c(F)c([Si](C)(CCC(F)(F)F)OC)c1F. The van der Waals surface area contributed by atoms with Crippen molar-refractivity contribution in [2.75, 3.05) is 14.2 Å². The quantitative estimate of drug-likeness (QED) is 0.221. The summed E-state index contributed by atoms with van der Waals surface area (Å²) in [5.74, 6) is -8.08. The number of benzene rings is 1. The summed E-state index contributed by atoms with van der Waals surface area (Å²) in [7, 11) is -6.59. The van der Waals surface area contributed by atoms with E-state index >= 15 is 4.39 Å². The molecule has 0 amide bonds. The molecule has 1 rings (SSSR count). The zero-order chi connectivity index (χ0) is 23.7. The first kappa shape index (κ1) is 26.9. The second kappa shape index (κ2) is 9.16. The molecule has 0 aromatic heterocycles. The van der Waals surface area contributed by atoms with Gasteiger partial charge >= 0.3 is 12.4 Å². The maximum absolute atomic E-state index is 15.3. The van der Waals surface area contributed by atoms with Crippen LogP contribution in [-0.2, 0) is 8.85 Å². The van der Waals surface area contributed by atoms with Gasteiger partial charge in [0.05, 0.1) is 0 Å². The van der Waals surface area contributed by atoms with Gasteiger partial charge in [-0.2, -0.15) is 26.3 Å². The van der Waals surface area contributed by atoms with Crippen molar-refractivity contribution in [1.82, 2.24) is 0 Å². The molecule has 0 aliphatic rings. The molecular weight excluding hydrogens is 470 g/mol. The highest BCUT2D eigenvalue weighted by Gasteiger charge is 2.48. The molecule has 174 valence electrons. The van der Waals surface area contributed by atoms with Crippen LogP contribution in [0.5, 0.6) is 0 Å². The third kappa shape index (κ3) is 5.97. The molecule has 0 saturated heterocycles. The van der Waals surface area contributed by atoms with Crippen LogP contribution in [0.2, 0.25) is 25.2 Å². The molecule has 1 aromatic carbocycles. The first-order chi connectivity index (χ1) is 13.4. The number of alkyl halides is 6. The van der Waals surface area contributed by atoms with Crippen LogP contribution in [0.4, 0.5) is 43.9 Å². The summed E-state index contributed by atoms with van der Waals surface area (Å²) in [5.41, 5.74) is 0. The lowest BCUT2D eigenvalue weighted by molar-refractivity contribution is -0.132. The van der Waals surface area contributed by atoms with E-state index in [1.54, 1.807) is 0 Å². The minimum atomic E-state index is -4.72. The van der Waals surface area contributed by atoms with Gasteiger partial charge in [-0.25, -0.2) is 17.6 Å². The van der Waals surface area contributed by atoms with Crippen molar-refractivity contribution in [3.05, 3.63) is 23.3 Å². The molecule has 1 aromatic rings. The molecule has 2 nitrogen and oxygen atoms in total. The van der Waals surface area contributed by atoms with E-state index in [1.165, 1.54) is 0 Å². The monoisotopic (exact) mass is 490 g/mol. The highest BCUT2D eigenvalue weighted by molar-refractivity contribution is 6.88. The predicted molar refractivity (Wildman–Crippen MR) is 93.8 cm³/mol. The Morgan fingerprint density at radius 3 is 1.13 bits per heavy atom. The highest BCUT2D eigenvalue weighted by atomic mass is 28.4. The Morgan fingerprint density at radius 1 is 0.600 bits per heavy atom. The molecule has 0 fully saturated rings. The van der Waals surface area contributed by atoms with E-state index in [0.717, 1.165) is 27.3 Å². The van der Waals surface area contributed by atoms with Crippen molar-refractivity contribution in [3.63, 3.8) is 0 Å². The van der Waals surface area contributed by atoms with Crippen LogP contribution in [0.3, 0.4) is 0 Å². The summed E-state index contributed by atoms with van der Waals surface area (Å²) in [4.78, 5) is 0. The molecule has 0 radical (unpaired) electrons. The maximum atomic E-state index is 15.3. The summed E-state index contributed by atoms with van der Waals surface area (Å²) in [6, 6.07) is -1.84. The Kier molecular flexibility index (Phi) is 8.22. The normalized spacial score (nSPS) is 17.0. The lowest BCUT2D eigenvalue weighted by Gasteiger charge is -2.32. The van der Waals surface area contributed by atoms with Crippen molar-refractivity contribution in [2.24, 2.45) is 0 Å². The van der Waals surface area contributed by atoms with Crippen LogP contribution in [0.1, 0.15) is 12.8 Å². The number of hydrogen-bond acceptors (Lipinski definition) is 2. The second-order valence-corrected chi connectivity index (χ2v) is 14.8. The molecule has 2 unspecified atom stereocenters. The third-order valence-corrected chi connectivity index (χ3v) is 12.2. The van der Waals surface area contributed by atoms with Gasteiger partial charge in [-0.3, -0.25) is 0 Å². The van der Waals surface area contributed by atoms with E-state index in [0.29, 0.717) is 0 Å². The van der Waals surface area contributed by atoms with Gasteiger partial charge in [-0.15, -0.1) is 0 Å². The lowest BCUT2D eigenvalue weighted by Crippen LogP contribution is -2.59. The van der Waals surface area contributed by atoms with Gasteiger partial charge in [0.25, 0.3) is 0 Å². The molecule has 0 heterocycles. The third-order valence-electron chi connectivity index (χ3n) is 4.99. The Bertz CT molecular complexity index is 709. The maximum Gasteiger partial charge on any atom is 0.388 e. The van der Waals surface area contributed by atoms with Gasteiger partial charge in [0.15, 0.2) is 17.5 Å². The van der Waals surface area contributed by atoms with Crippen molar-refractivity contribution in [1.29, 1.82) is 0 Å². The number of halogens is 10. The topological polar surface area (TPSA) is 18.5 Å². The van der Waals surface area contributed by atoms with Gasteiger partial charge in [0, 0.05) is 37.4 Å². The standard InChI is InChI=1S/C16H20F10O2Si2/c1-27-29(3,7-5-15(21,22)23)13-10(18)9(17)11(19)14(12(13)20)30(4,28-2)8-6-16(24,25)26/h5-8H2,1-4H3. The van der Waals surface area contributed by atoms with Crippen LogP contribution >= 0.6 is 0 Å². The fourth-order valence-electron chi connectivity index (χ4n) is 2.98. The average molecular weight is 490 g/mol. The Balaban J connectivity index is 3.71.